The van der Waals surface area contributed by atoms with Crippen LogP contribution in [0.25, 0.3) is 0 Å². The third-order valence-electron chi connectivity index (χ3n) is 4.27. The highest BCUT2D eigenvalue weighted by Crippen LogP contribution is 2.22. The molecule has 24 heavy (non-hydrogen) atoms. The molecule has 0 bridgehead atoms. The fourth-order valence-corrected chi connectivity index (χ4v) is 2.43. The van der Waals surface area contributed by atoms with Gasteiger partial charge in [0.2, 0.25) is 5.91 Å². The molecule has 2 atom stereocenters. The monoisotopic (exact) mass is 324 g/mol. The number of hydrogen-bond donors (Lipinski definition) is 2. The van der Waals surface area contributed by atoms with Crippen LogP contribution in [0.1, 0.15) is 41.8 Å². The van der Waals surface area contributed by atoms with Gasteiger partial charge in [-0.3, -0.25) is 9.59 Å². The third-order valence-corrected chi connectivity index (χ3v) is 4.27. The van der Waals surface area contributed by atoms with E-state index in [0.29, 0.717) is 16.8 Å². The maximum atomic E-state index is 12.8. The van der Waals surface area contributed by atoms with E-state index in [4.69, 9.17) is 5.73 Å². The van der Waals surface area contributed by atoms with Gasteiger partial charge in [0, 0.05) is 11.1 Å². The van der Waals surface area contributed by atoms with Crippen molar-refractivity contribution in [2.45, 2.75) is 33.2 Å². The molecule has 0 spiro atoms. The zero-order valence-corrected chi connectivity index (χ0v) is 14.4. The maximum absolute atomic E-state index is 12.8. The zero-order valence-electron chi connectivity index (χ0n) is 14.4. The summed E-state index contributed by atoms with van der Waals surface area (Å²) in [6, 6.07) is 13.8. The van der Waals surface area contributed by atoms with E-state index in [1.54, 1.807) is 24.3 Å². The molecule has 0 aliphatic rings. The first-order valence-corrected chi connectivity index (χ1v) is 8.21. The SMILES string of the molecule is CC[C@H](C)[C@H](N)C(=O)Nc1ccc(C)cc1C(=O)c1ccccc1. The van der Waals surface area contributed by atoms with Crippen LogP contribution in [-0.2, 0) is 4.79 Å². The van der Waals surface area contributed by atoms with Crippen molar-refractivity contribution in [3.8, 4) is 0 Å². The summed E-state index contributed by atoms with van der Waals surface area (Å²) >= 11 is 0. The van der Waals surface area contributed by atoms with Gasteiger partial charge in [-0.25, -0.2) is 0 Å². The maximum Gasteiger partial charge on any atom is 0.241 e. The van der Waals surface area contributed by atoms with Gasteiger partial charge in [-0.2, -0.15) is 0 Å². The Hall–Kier alpha value is -2.46. The first kappa shape index (κ1) is 17.9. The number of nitrogens with one attached hydrogen (secondary N) is 1. The van der Waals surface area contributed by atoms with Crippen LogP contribution in [0.5, 0.6) is 0 Å². The van der Waals surface area contributed by atoms with Crippen molar-refractivity contribution in [2.75, 3.05) is 5.32 Å². The van der Waals surface area contributed by atoms with Gasteiger partial charge in [0.25, 0.3) is 0 Å². The highest BCUT2D eigenvalue weighted by Gasteiger charge is 2.22. The summed E-state index contributed by atoms with van der Waals surface area (Å²) in [5.74, 6) is -0.314. The molecule has 0 radical (unpaired) electrons. The lowest BCUT2D eigenvalue weighted by Gasteiger charge is -2.19. The summed E-state index contributed by atoms with van der Waals surface area (Å²) in [6.45, 7) is 5.85. The van der Waals surface area contributed by atoms with Crippen LogP contribution in [0.3, 0.4) is 0 Å². The Morgan fingerprint density at radius 2 is 1.79 bits per heavy atom. The smallest absolute Gasteiger partial charge is 0.241 e. The molecular weight excluding hydrogens is 300 g/mol. The molecule has 0 aliphatic carbocycles. The average Bonchev–Trinajstić information content (AvgIpc) is 2.61. The largest absolute Gasteiger partial charge is 0.324 e. The van der Waals surface area contributed by atoms with Gasteiger partial charge < -0.3 is 11.1 Å². The molecule has 3 N–H and O–H groups in total. The van der Waals surface area contributed by atoms with Gasteiger partial charge in [0.1, 0.15) is 0 Å². The average molecular weight is 324 g/mol. The van der Waals surface area contributed by atoms with Crippen molar-refractivity contribution in [3.05, 3.63) is 65.2 Å². The summed E-state index contributed by atoms with van der Waals surface area (Å²) in [6.07, 6.45) is 0.818. The molecule has 0 saturated carbocycles. The molecule has 0 unspecified atom stereocenters. The Morgan fingerprint density at radius 1 is 1.12 bits per heavy atom. The molecule has 1 amide bonds. The normalized spacial score (nSPS) is 13.2. The Labute approximate surface area is 143 Å². The van der Waals surface area contributed by atoms with E-state index in [2.05, 4.69) is 5.32 Å². The number of anilines is 1. The minimum Gasteiger partial charge on any atom is -0.324 e. The molecule has 0 fully saturated rings. The summed E-state index contributed by atoms with van der Waals surface area (Å²) < 4.78 is 0. The summed E-state index contributed by atoms with van der Waals surface area (Å²) in [5, 5.41) is 2.82. The van der Waals surface area contributed by atoms with Crippen LogP contribution >= 0.6 is 0 Å². The number of ketones is 1. The van der Waals surface area contributed by atoms with E-state index < -0.39 is 6.04 Å². The number of amides is 1. The first-order chi connectivity index (χ1) is 11.4. The second-order valence-corrected chi connectivity index (χ2v) is 6.14. The van der Waals surface area contributed by atoms with Crippen LogP contribution in [0, 0.1) is 12.8 Å². The van der Waals surface area contributed by atoms with Crippen molar-refractivity contribution >= 4 is 17.4 Å². The van der Waals surface area contributed by atoms with Crippen molar-refractivity contribution in [3.63, 3.8) is 0 Å². The number of rotatable bonds is 6. The standard InChI is InChI=1S/C20H24N2O2/c1-4-14(3)18(21)20(24)22-17-11-10-13(2)12-16(17)19(23)15-8-6-5-7-9-15/h5-12,14,18H,4,21H2,1-3H3,(H,22,24)/t14-,18-/m0/s1. The molecule has 4 heteroatoms. The lowest BCUT2D eigenvalue weighted by atomic mass is 9.97. The molecule has 2 aromatic carbocycles. The van der Waals surface area contributed by atoms with Crippen LogP contribution in [0.4, 0.5) is 5.69 Å². The highest BCUT2D eigenvalue weighted by molar-refractivity contribution is 6.14. The van der Waals surface area contributed by atoms with Crippen molar-refractivity contribution in [1.82, 2.24) is 0 Å². The summed E-state index contributed by atoms with van der Waals surface area (Å²) in [4.78, 5) is 25.1. The number of carbonyl (C=O) groups is 2. The van der Waals surface area contributed by atoms with Gasteiger partial charge in [0.15, 0.2) is 5.78 Å². The highest BCUT2D eigenvalue weighted by atomic mass is 16.2. The van der Waals surface area contributed by atoms with Crippen molar-refractivity contribution < 1.29 is 9.59 Å². The lowest BCUT2D eigenvalue weighted by molar-refractivity contribution is -0.118. The molecule has 2 aromatic rings. The Kier molecular flexibility index (Phi) is 5.88. The van der Waals surface area contributed by atoms with E-state index in [0.717, 1.165) is 12.0 Å². The van der Waals surface area contributed by atoms with E-state index in [1.807, 2.05) is 45.0 Å². The summed E-state index contributed by atoms with van der Waals surface area (Å²) in [7, 11) is 0. The molecule has 0 aliphatic heterocycles. The second kappa shape index (κ2) is 7.88. The van der Waals surface area contributed by atoms with E-state index in [9.17, 15) is 9.59 Å². The van der Waals surface area contributed by atoms with E-state index >= 15 is 0 Å². The number of carbonyl (C=O) groups excluding carboxylic acids is 2. The van der Waals surface area contributed by atoms with Crippen LogP contribution in [0.2, 0.25) is 0 Å². The van der Waals surface area contributed by atoms with Crippen LogP contribution in [0.15, 0.2) is 48.5 Å². The van der Waals surface area contributed by atoms with Gasteiger partial charge in [-0.15, -0.1) is 0 Å². The molecule has 0 saturated heterocycles. The van der Waals surface area contributed by atoms with Crippen LogP contribution in [-0.4, -0.2) is 17.7 Å². The van der Waals surface area contributed by atoms with E-state index in [1.165, 1.54) is 0 Å². The Bertz CT molecular complexity index is 726. The fraction of sp³-hybridized carbons (Fsp3) is 0.300. The number of aryl methyl sites for hydroxylation is 1. The summed E-state index contributed by atoms with van der Waals surface area (Å²) in [5.41, 5.74) is 8.51. The van der Waals surface area contributed by atoms with Gasteiger partial charge in [0.05, 0.1) is 11.7 Å². The molecule has 0 heterocycles. The molecular formula is C20H24N2O2. The minimum atomic E-state index is -0.601. The quantitative estimate of drug-likeness (QED) is 0.798. The fourth-order valence-electron chi connectivity index (χ4n) is 2.43. The zero-order chi connectivity index (χ0) is 17.7. The second-order valence-electron chi connectivity index (χ2n) is 6.14. The number of hydrogen-bond acceptors (Lipinski definition) is 3. The van der Waals surface area contributed by atoms with Gasteiger partial charge in [-0.1, -0.05) is 62.2 Å². The van der Waals surface area contributed by atoms with Gasteiger partial charge >= 0.3 is 0 Å². The predicted octanol–water partition coefficient (Wildman–Crippen LogP) is 3.54. The topological polar surface area (TPSA) is 72.2 Å². The lowest BCUT2D eigenvalue weighted by Crippen LogP contribution is -2.40. The molecule has 0 aromatic heterocycles. The first-order valence-electron chi connectivity index (χ1n) is 8.21. The van der Waals surface area contributed by atoms with Crippen molar-refractivity contribution in [1.29, 1.82) is 0 Å². The Morgan fingerprint density at radius 3 is 2.42 bits per heavy atom. The third kappa shape index (κ3) is 4.09. The Balaban J connectivity index is 2.32. The molecule has 4 nitrogen and oxygen atoms in total. The molecule has 126 valence electrons. The number of nitrogens with two attached hydrogens (primary N) is 1. The minimum absolute atomic E-state index is 0.0729. The predicted molar refractivity (Wildman–Crippen MR) is 97.1 cm³/mol. The van der Waals surface area contributed by atoms with E-state index in [-0.39, 0.29) is 17.6 Å². The van der Waals surface area contributed by atoms with Crippen LogP contribution < -0.4 is 11.1 Å². The van der Waals surface area contributed by atoms with Gasteiger partial charge in [-0.05, 0) is 25.0 Å². The number of benzene rings is 2. The molecule has 2 rings (SSSR count). The van der Waals surface area contributed by atoms with Crippen molar-refractivity contribution in [2.24, 2.45) is 11.7 Å².